The number of nitrogens with zero attached hydrogens (tertiary/aromatic N) is 4. The van der Waals surface area contributed by atoms with Gasteiger partial charge in [-0.3, -0.25) is 10.1 Å². The summed E-state index contributed by atoms with van der Waals surface area (Å²) in [6.07, 6.45) is 3.06. The lowest BCUT2D eigenvalue weighted by Gasteiger charge is -2.06. The smallest absolute Gasteiger partial charge is 0.258 e. The van der Waals surface area contributed by atoms with Gasteiger partial charge in [0.25, 0.3) is 5.91 Å². The topological polar surface area (TPSA) is 102 Å². The van der Waals surface area contributed by atoms with Crippen LogP contribution in [-0.4, -0.2) is 24.3 Å². The van der Waals surface area contributed by atoms with Gasteiger partial charge < -0.3 is 0 Å². The number of hydrazone groups is 1. The van der Waals surface area contributed by atoms with E-state index in [1.807, 2.05) is 6.07 Å². The van der Waals surface area contributed by atoms with Crippen molar-refractivity contribution in [1.29, 1.82) is 5.26 Å². The van der Waals surface area contributed by atoms with Crippen LogP contribution < -0.4 is 10.7 Å². The second-order valence-electron chi connectivity index (χ2n) is 6.17. The van der Waals surface area contributed by atoms with E-state index in [1.54, 1.807) is 72.8 Å². The highest BCUT2D eigenvalue weighted by atomic mass is 35.5. The maximum atomic E-state index is 12.4. The molecule has 1 amide bonds. The van der Waals surface area contributed by atoms with Crippen LogP contribution >= 0.6 is 11.6 Å². The second kappa shape index (κ2) is 11.0. The molecule has 3 rings (SSSR count). The Morgan fingerprint density at radius 2 is 1.55 bits per heavy atom. The van der Waals surface area contributed by atoms with E-state index in [4.69, 9.17) is 16.9 Å². The molecule has 0 aliphatic rings. The molecular weight excluding hydrogens is 412 g/mol. The summed E-state index contributed by atoms with van der Waals surface area (Å²) >= 11 is 5.88. The number of nitrogens with one attached hydrogen (secondary N) is 2. The normalized spacial score (nSPS) is 11.4. The van der Waals surface area contributed by atoms with E-state index in [0.717, 1.165) is 11.1 Å². The van der Waals surface area contributed by atoms with Gasteiger partial charge in [0.15, 0.2) is 0 Å². The van der Waals surface area contributed by atoms with Crippen molar-refractivity contribution in [3.8, 4) is 6.07 Å². The largest absolute Gasteiger partial charge is 0.290 e. The maximum absolute atomic E-state index is 12.4. The van der Waals surface area contributed by atoms with E-state index >= 15 is 0 Å². The molecule has 3 aromatic rings. The summed E-state index contributed by atoms with van der Waals surface area (Å²) < 4.78 is 0. The fraction of sp³-hybridized carbons (Fsp3) is 0. The van der Waals surface area contributed by atoms with Gasteiger partial charge in [-0.15, -0.1) is 5.10 Å². The lowest BCUT2D eigenvalue weighted by molar-refractivity contribution is 0.0975. The van der Waals surface area contributed by atoms with Gasteiger partial charge in [0.05, 0.1) is 24.1 Å². The molecule has 3 aromatic carbocycles. The van der Waals surface area contributed by atoms with Crippen LogP contribution in [0, 0.1) is 11.3 Å². The van der Waals surface area contributed by atoms with Crippen molar-refractivity contribution in [3.63, 3.8) is 0 Å². The Morgan fingerprint density at radius 1 is 0.903 bits per heavy atom. The SMILES string of the molecule is N#Cc1ccc(/C=N/NC(=N/N=C/c2ccc(Cl)cc2)NC(=O)c2ccccc2)cc1. The first-order valence-corrected chi connectivity index (χ1v) is 9.54. The molecule has 0 heterocycles. The standard InChI is InChI=1S/C23H17ClN6O/c24-21-12-10-19(11-13-21)16-27-30-23(28-22(31)20-4-2-1-3-5-20)29-26-15-18-8-6-17(14-25)7-9-18/h1-13,15-16H,(H2,28,29,30,31)/b26-15+,27-16+. The molecule has 0 saturated carbocycles. The maximum Gasteiger partial charge on any atom is 0.258 e. The van der Waals surface area contributed by atoms with Crippen molar-refractivity contribution in [2.24, 2.45) is 15.3 Å². The first-order valence-electron chi connectivity index (χ1n) is 9.16. The molecule has 0 aliphatic heterocycles. The summed E-state index contributed by atoms with van der Waals surface area (Å²) in [5.41, 5.74) is 5.27. The van der Waals surface area contributed by atoms with Crippen molar-refractivity contribution in [1.82, 2.24) is 10.7 Å². The first kappa shape index (κ1) is 21.4. The quantitative estimate of drug-likeness (QED) is 0.365. The van der Waals surface area contributed by atoms with Crippen molar-refractivity contribution in [2.75, 3.05) is 0 Å². The summed E-state index contributed by atoms with van der Waals surface area (Å²) in [6, 6.07) is 24.7. The average molecular weight is 429 g/mol. The summed E-state index contributed by atoms with van der Waals surface area (Å²) in [6.45, 7) is 0. The Kier molecular flexibility index (Phi) is 7.64. The molecule has 0 aliphatic carbocycles. The zero-order valence-electron chi connectivity index (χ0n) is 16.2. The minimum absolute atomic E-state index is 0.0453. The van der Waals surface area contributed by atoms with Crippen LogP contribution in [0.4, 0.5) is 0 Å². The molecule has 31 heavy (non-hydrogen) atoms. The van der Waals surface area contributed by atoms with Gasteiger partial charge in [0, 0.05) is 10.6 Å². The van der Waals surface area contributed by atoms with Gasteiger partial charge in [0.2, 0.25) is 5.96 Å². The number of hydrogen-bond acceptors (Lipinski definition) is 5. The Bertz CT molecular complexity index is 1150. The van der Waals surface area contributed by atoms with Gasteiger partial charge in [-0.1, -0.05) is 54.1 Å². The highest BCUT2D eigenvalue weighted by Gasteiger charge is 2.07. The molecule has 0 spiro atoms. The van der Waals surface area contributed by atoms with Crippen molar-refractivity contribution < 1.29 is 4.79 Å². The van der Waals surface area contributed by atoms with Crippen LogP contribution in [-0.2, 0) is 0 Å². The van der Waals surface area contributed by atoms with Crippen molar-refractivity contribution in [3.05, 3.63) is 106 Å². The molecule has 0 atom stereocenters. The van der Waals surface area contributed by atoms with E-state index in [0.29, 0.717) is 16.1 Å². The van der Waals surface area contributed by atoms with Gasteiger partial charge >= 0.3 is 0 Å². The number of rotatable bonds is 5. The third kappa shape index (κ3) is 6.92. The van der Waals surface area contributed by atoms with Gasteiger partial charge in [-0.2, -0.15) is 15.5 Å². The van der Waals surface area contributed by atoms with Crippen LogP contribution in [0.25, 0.3) is 0 Å². The van der Waals surface area contributed by atoms with Crippen LogP contribution in [0.3, 0.4) is 0 Å². The fourth-order valence-electron chi connectivity index (χ4n) is 2.36. The molecule has 0 bridgehead atoms. The fourth-order valence-corrected chi connectivity index (χ4v) is 2.48. The number of carbonyl (C=O) groups is 1. The summed E-state index contributed by atoms with van der Waals surface area (Å²) in [5.74, 6) is -0.314. The number of carbonyl (C=O) groups excluding carboxylic acids is 1. The molecular formula is C23H17ClN6O. The minimum Gasteiger partial charge on any atom is -0.290 e. The molecule has 0 fully saturated rings. The summed E-state index contributed by atoms with van der Waals surface area (Å²) in [7, 11) is 0. The number of nitriles is 1. The monoisotopic (exact) mass is 428 g/mol. The zero-order valence-corrected chi connectivity index (χ0v) is 17.0. The number of amides is 1. The second-order valence-corrected chi connectivity index (χ2v) is 6.61. The summed E-state index contributed by atoms with van der Waals surface area (Å²) in [4.78, 5) is 12.4. The Labute approximate surface area is 184 Å². The minimum atomic E-state index is -0.359. The van der Waals surface area contributed by atoms with Gasteiger partial charge in [-0.25, -0.2) is 5.43 Å². The molecule has 0 radical (unpaired) electrons. The molecule has 0 aromatic heterocycles. The molecule has 7 nitrogen and oxygen atoms in total. The van der Waals surface area contributed by atoms with Crippen LogP contribution in [0.5, 0.6) is 0 Å². The van der Waals surface area contributed by atoms with Crippen molar-refractivity contribution in [2.45, 2.75) is 0 Å². The van der Waals surface area contributed by atoms with Crippen molar-refractivity contribution >= 4 is 35.9 Å². The van der Waals surface area contributed by atoms with E-state index in [1.165, 1.54) is 12.4 Å². The predicted molar refractivity (Wildman–Crippen MR) is 122 cm³/mol. The third-order valence-corrected chi connectivity index (χ3v) is 4.18. The molecule has 2 N–H and O–H groups in total. The third-order valence-electron chi connectivity index (χ3n) is 3.93. The van der Waals surface area contributed by atoms with E-state index < -0.39 is 0 Å². The van der Waals surface area contributed by atoms with E-state index in [-0.39, 0.29) is 11.9 Å². The zero-order chi connectivity index (χ0) is 21.9. The van der Waals surface area contributed by atoms with Crippen LogP contribution in [0.15, 0.2) is 94.2 Å². The molecule has 8 heteroatoms. The predicted octanol–water partition coefficient (Wildman–Crippen LogP) is 3.96. The highest BCUT2D eigenvalue weighted by molar-refractivity contribution is 6.30. The van der Waals surface area contributed by atoms with Crippen LogP contribution in [0.1, 0.15) is 27.0 Å². The Morgan fingerprint density at radius 3 is 2.23 bits per heavy atom. The lowest BCUT2D eigenvalue weighted by atomic mass is 10.2. The number of halogens is 1. The highest BCUT2D eigenvalue weighted by Crippen LogP contribution is 2.08. The van der Waals surface area contributed by atoms with E-state index in [2.05, 4.69) is 32.1 Å². The number of guanidine groups is 1. The summed E-state index contributed by atoms with van der Waals surface area (Å²) in [5, 5.41) is 24.2. The van der Waals surface area contributed by atoms with Gasteiger partial charge in [0.1, 0.15) is 0 Å². The average Bonchev–Trinajstić information content (AvgIpc) is 2.81. The molecule has 152 valence electrons. The Balaban J connectivity index is 1.73. The lowest BCUT2D eigenvalue weighted by Crippen LogP contribution is -2.38. The Hall–Kier alpha value is -4.28. The first-order chi connectivity index (χ1) is 15.1. The van der Waals surface area contributed by atoms with Gasteiger partial charge in [-0.05, 0) is 47.5 Å². The van der Waals surface area contributed by atoms with E-state index in [9.17, 15) is 4.79 Å². The number of benzene rings is 3. The molecule has 0 unspecified atom stereocenters. The van der Waals surface area contributed by atoms with Crippen LogP contribution in [0.2, 0.25) is 5.02 Å². The molecule has 0 saturated heterocycles. The number of hydrogen-bond donors (Lipinski definition) is 2.